The van der Waals surface area contributed by atoms with Crippen LogP contribution in [0.2, 0.25) is 5.02 Å². The second kappa shape index (κ2) is 15.4. The molecule has 270 valence electrons. The Kier molecular flexibility index (Phi) is 11.2. The molecule has 1 aliphatic rings. The van der Waals surface area contributed by atoms with Gasteiger partial charge in [0.1, 0.15) is 5.69 Å². The minimum Gasteiger partial charge on any atom is -0.341 e. The second-order valence-corrected chi connectivity index (χ2v) is 12.7. The summed E-state index contributed by atoms with van der Waals surface area (Å²) in [6.07, 6.45) is -0.473. The average molecular weight is 729 g/mol. The number of rotatable bonds is 11. The van der Waals surface area contributed by atoms with Crippen molar-refractivity contribution in [3.63, 3.8) is 0 Å². The number of carbonyl (C=O) groups excluding carboxylic acids is 3. The molecule has 18 heteroatoms. The van der Waals surface area contributed by atoms with E-state index < -0.39 is 17.8 Å². The summed E-state index contributed by atoms with van der Waals surface area (Å²) in [7, 11) is 5.30. The lowest BCUT2D eigenvalue weighted by molar-refractivity contribution is -0.141. The molecule has 0 unspecified atom stereocenters. The average Bonchev–Trinajstić information content (AvgIpc) is 3.72. The molecule has 1 aromatic carbocycles. The van der Waals surface area contributed by atoms with Crippen molar-refractivity contribution in [3.8, 4) is 17.1 Å². The fourth-order valence-corrected chi connectivity index (χ4v) is 6.04. The first kappa shape index (κ1) is 37.1. The molecule has 0 saturated carbocycles. The largest absolute Gasteiger partial charge is 0.435 e. The van der Waals surface area contributed by atoms with E-state index in [0.29, 0.717) is 39.0 Å². The highest BCUT2D eigenvalue weighted by Crippen LogP contribution is 2.37. The standard InChI is InChI=1S/C33H36ClF3N10O4/c1-5-45(15-14-43(2)3)31(49)20-10-12-46(13-11-20)32(50)23-8-6-21(16-25(23)34)40-30(48)29-39-18-26(44(29)4)24-19-47(41-28(24)33(35,36)37)27-9-7-22(42-51)17-38-27/h6-9,16-20H,5,10-15H2,1-4H3,(H,40,48). The van der Waals surface area contributed by atoms with Crippen molar-refractivity contribution < 1.29 is 27.6 Å². The number of pyridine rings is 1. The lowest BCUT2D eigenvalue weighted by Gasteiger charge is -2.34. The number of likely N-dealkylation sites (tertiary alicyclic amines) is 1. The number of nitroso groups, excluding NO2 is 1. The second-order valence-electron chi connectivity index (χ2n) is 12.3. The van der Waals surface area contributed by atoms with Gasteiger partial charge in [-0.25, -0.2) is 14.6 Å². The molecule has 0 atom stereocenters. The van der Waals surface area contributed by atoms with E-state index >= 15 is 0 Å². The molecule has 1 aliphatic heterocycles. The number of nitrogens with zero attached hydrogens (tertiary/aromatic N) is 9. The maximum absolute atomic E-state index is 14.0. The predicted molar refractivity (Wildman–Crippen MR) is 183 cm³/mol. The van der Waals surface area contributed by atoms with E-state index in [1.165, 1.54) is 41.9 Å². The van der Waals surface area contributed by atoms with Crippen molar-refractivity contribution in [1.82, 2.24) is 39.0 Å². The Bertz CT molecular complexity index is 1920. The van der Waals surface area contributed by atoms with Gasteiger partial charge in [0.05, 0.1) is 34.2 Å². The lowest BCUT2D eigenvalue weighted by Crippen LogP contribution is -2.45. The van der Waals surface area contributed by atoms with Crippen LogP contribution in [-0.4, -0.2) is 104 Å². The van der Waals surface area contributed by atoms with Gasteiger partial charge >= 0.3 is 6.18 Å². The number of benzene rings is 1. The van der Waals surface area contributed by atoms with Gasteiger partial charge in [-0.15, -0.1) is 4.91 Å². The molecule has 5 rings (SSSR count). The van der Waals surface area contributed by atoms with Crippen molar-refractivity contribution in [1.29, 1.82) is 0 Å². The molecule has 1 saturated heterocycles. The molecule has 51 heavy (non-hydrogen) atoms. The van der Waals surface area contributed by atoms with Gasteiger partial charge < -0.3 is 24.6 Å². The van der Waals surface area contributed by atoms with Gasteiger partial charge in [-0.05, 0) is 69.4 Å². The van der Waals surface area contributed by atoms with Crippen LogP contribution < -0.4 is 5.32 Å². The Morgan fingerprint density at radius 3 is 2.37 bits per heavy atom. The number of hydrogen-bond acceptors (Lipinski definition) is 9. The Balaban J connectivity index is 1.26. The minimum absolute atomic E-state index is 0.00662. The SMILES string of the molecule is CCN(CCN(C)C)C(=O)C1CCN(C(=O)c2ccc(NC(=O)c3ncc(-c4cn(-c5ccc(N=O)cn5)nc4C(F)(F)F)n3C)cc2Cl)CC1. The zero-order chi connectivity index (χ0) is 37.0. The summed E-state index contributed by atoms with van der Waals surface area (Å²) in [5.74, 6) is -1.31. The Morgan fingerprint density at radius 1 is 1.06 bits per heavy atom. The van der Waals surface area contributed by atoms with Gasteiger partial charge in [0.2, 0.25) is 5.91 Å². The van der Waals surface area contributed by atoms with Crippen molar-refractivity contribution in [2.45, 2.75) is 25.9 Å². The first-order valence-corrected chi connectivity index (χ1v) is 16.4. The van der Waals surface area contributed by atoms with E-state index in [-0.39, 0.29) is 62.6 Å². The molecule has 4 heterocycles. The number of likely N-dealkylation sites (N-methyl/N-ethyl adjacent to an activating group) is 2. The van der Waals surface area contributed by atoms with Crippen molar-refractivity contribution >= 4 is 40.7 Å². The van der Waals surface area contributed by atoms with E-state index in [1.54, 1.807) is 4.90 Å². The molecule has 0 bridgehead atoms. The predicted octanol–water partition coefficient (Wildman–Crippen LogP) is 5.25. The van der Waals surface area contributed by atoms with E-state index in [4.69, 9.17) is 11.6 Å². The van der Waals surface area contributed by atoms with E-state index in [1.807, 2.05) is 30.8 Å². The quantitative estimate of drug-likeness (QED) is 0.206. The van der Waals surface area contributed by atoms with Gasteiger partial charge in [-0.2, -0.15) is 18.3 Å². The summed E-state index contributed by atoms with van der Waals surface area (Å²) >= 11 is 6.49. The number of imidazole rings is 1. The molecular weight excluding hydrogens is 693 g/mol. The summed E-state index contributed by atoms with van der Waals surface area (Å²) in [6, 6.07) is 6.95. The van der Waals surface area contributed by atoms with Gasteiger partial charge in [0.25, 0.3) is 11.8 Å². The molecule has 1 fully saturated rings. The smallest absolute Gasteiger partial charge is 0.341 e. The number of halogens is 4. The third-order valence-corrected chi connectivity index (χ3v) is 8.93. The highest BCUT2D eigenvalue weighted by atomic mass is 35.5. The van der Waals surface area contributed by atoms with Gasteiger partial charge in [-0.3, -0.25) is 14.4 Å². The number of anilines is 1. The van der Waals surface area contributed by atoms with Gasteiger partial charge in [0, 0.05) is 57.6 Å². The van der Waals surface area contributed by atoms with Crippen LogP contribution in [0.3, 0.4) is 0 Å². The van der Waals surface area contributed by atoms with Crippen LogP contribution >= 0.6 is 11.6 Å². The minimum atomic E-state index is -4.86. The molecule has 0 radical (unpaired) electrons. The molecular formula is C33H36ClF3N10O4. The van der Waals surface area contributed by atoms with Crippen LogP contribution in [0.4, 0.5) is 24.5 Å². The maximum Gasteiger partial charge on any atom is 0.435 e. The Hall–Kier alpha value is -5.16. The normalized spacial score (nSPS) is 13.8. The number of carbonyl (C=O) groups is 3. The van der Waals surface area contributed by atoms with Crippen LogP contribution in [0.5, 0.6) is 0 Å². The Labute approximate surface area is 296 Å². The zero-order valence-electron chi connectivity index (χ0n) is 28.3. The van der Waals surface area contributed by atoms with Crippen LogP contribution in [-0.2, 0) is 18.0 Å². The third-order valence-electron chi connectivity index (χ3n) is 8.62. The first-order valence-electron chi connectivity index (χ1n) is 16.0. The highest BCUT2D eigenvalue weighted by molar-refractivity contribution is 6.34. The van der Waals surface area contributed by atoms with E-state index in [0.717, 1.165) is 29.8 Å². The summed E-state index contributed by atoms with van der Waals surface area (Å²) in [4.78, 5) is 63.9. The van der Waals surface area contributed by atoms with Crippen LogP contribution in [0.15, 0.2) is 54.1 Å². The van der Waals surface area contributed by atoms with Gasteiger partial charge in [0.15, 0.2) is 17.3 Å². The number of nitrogens with one attached hydrogen (secondary N) is 1. The molecule has 1 N–H and O–H groups in total. The fraction of sp³-hybridized carbons (Fsp3) is 0.394. The van der Waals surface area contributed by atoms with E-state index in [9.17, 15) is 32.5 Å². The number of alkyl halides is 3. The topological polar surface area (TPSA) is 151 Å². The number of hydrogen-bond donors (Lipinski definition) is 1. The third kappa shape index (κ3) is 8.26. The van der Waals surface area contributed by atoms with Gasteiger partial charge in [-0.1, -0.05) is 11.6 Å². The fourth-order valence-electron chi connectivity index (χ4n) is 5.78. The molecule has 3 aromatic heterocycles. The van der Waals surface area contributed by atoms with Crippen molar-refractivity contribution in [3.05, 3.63) is 75.9 Å². The van der Waals surface area contributed by atoms with Crippen molar-refractivity contribution in [2.75, 3.05) is 52.1 Å². The van der Waals surface area contributed by atoms with Crippen LogP contribution in [0.25, 0.3) is 17.1 Å². The Morgan fingerprint density at radius 2 is 1.78 bits per heavy atom. The summed E-state index contributed by atoms with van der Waals surface area (Å²) in [6.45, 7) is 4.77. The monoisotopic (exact) mass is 728 g/mol. The van der Waals surface area contributed by atoms with Crippen LogP contribution in [0.1, 0.15) is 46.4 Å². The van der Waals surface area contributed by atoms with Crippen molar-refractivity contribution in [2.24, 2.45) is 18.1 Å². The lowest BCUT2D eigenvalue weighted by atomic mass is 9.94. The summed E-state index contributed by atoms with van der Waals surface area (Å²) in [5, 5.41) is 9.10. The van der Waals surface area contributed by atoms with Crippen LogP contribution in [0, 0.1) is 10.8 Å². The zero-order valence-corrected chi connectivity index (χ0v) is 29.1. The molecule has 0 aliphatic carbocycles. The first-order chi connectivity index (χ1) is 24.2. The maximum atomic E-state index is 14.0. The number of piperidine rings is 1. The molecule has 3 amide bonds. The van der Waals surface area contributed by atoms with E-state index in [2.05, 4.69) is 25.6 Å². The molecule has 14 nitrogen and oxygen atoms in total. The molecule has 4 aromatic rings. The highest BCUT2D eigenvalue weighted by Gasteiger charge is 2.39. The molecule has 0 spiro atoms. The summed E-state index contributed by atoms with van der Waals surface area (Å²) < 4.78 is 44.2. The summed E-state index contributed by atoms with van der Waals surface area (Å²) in [5.41, 5.74) is -1.19. The number of aromatic nitrogens is 5. The number of amides is 3.